The van der Waals surface area contributed by atoms with Gasteiger partial charge >= 0.3 is 0 Å². The van der Waals surface area contributed by atoms with E-state index in [4.69, 9.17) is 4.74 Å². The predicted molar refractivity (Wildman–Crippen MR) is 147 cm³/mol. The van der Waals surface area contributed by atoms with E-state index in [1.807, 2.05) is 30.3 Å². The molecular formula is C26H27N7O3S2. The van der Waals surface area contributed by atoms with E-state index >= 15 is 0 Å². The molecule has 2 aromatic heterocycles. The average molecular weight is 550 g/mol. The molecule has 196 valence electrons. The molecule has 10 nitrogen and oxygen atoms in total. The summed E-state index contributed by atoms with van der Waals surface area (Å²) < 4.78 is 6.20. The smallest absolute Gasteiger partial charge is 0.296 e. The second-order valence-electron chi connectivity index (χ2n) is 8.92. The molecule has 1 aliphatic heterocycles. The fourth-order valence-electron chi connectivity index (χ4n) is 4.08. The first-order chi connectivity index (χ1) is 18.5. The van der Waals surface area contributed by atoms with Gasteiger partial charge in [-0.25, -0.2) is 0 Å². The lowest BCUT2D eigenvalue weighted by Crippen LogP contribution is -2.32. The number of hydrogen-bond donors (Lipinski definition) is 3. The Morgan fingerprint density at radius 2 is 1.66 bits per heavy atom. The lowest BCUT2D eigenvalue weighted by atomic mass is 9.92. The molecule has 12 heteroatoms. The second-order valence-corrected chi connectivity index (χ2v) is 10.9. The first kappa shape index (κ1) is 25.9. The number of amides is 2. The van der Waals surface area contributed by atoms with Gasteiger partial charge in [-0.2, -0.15) is 0 Å². The van der Waals surface area contributed by atoms with Crippen molar-refractivity contribution in [1.29, 1.82) is 0 Å². The maximum atomic E-state index is 12.3. The first-order valence-corrected chi connectivity index (χ1v) is 13.9. The van der Waals surface area contributed by atoms with E-state index < -0.39 is 0 Å². The fraction of sp³-hybridized carbons (Fsp3) is 0.308. The minimum absolute atomic E-state index is 0.169. The van der Waals surface area contributed by atoms with Crippen molar-refractivity contribution in [3.63, 3.8) is 0 Å². The van der Waals surface area contributed by atoms with Crippen LogP contribution in [0.1, 0.15) is 36.4 Å². The van der Waals surface area contributed by atoms with Gasteiger partial charge in [-0.05, 0) is 60.0 Å². The zero-order valence-electron chi connectivity index (χ0n) is 20.7. The van der Waals surface area contributed by atoms with Crippen LogP contribution in [-0.4, -0.2) is 45.3 Å². The van der Waals surface area contributed by atoms with Crippen molar-refractivity contribution < 1.29 is 14.3 Å². The number of ether oxygens (including phenoxy) is 1. The molecule has 6 rings (SSSR count). The number of nitrogens with one attached hydrogen (secondary N) is 3. The van der Waals surface area contributed by atoms with Crippen molar-refractivity contribution in [2.45, 2.75) is 32.3 Å². The van der Waals surface area contributed by atoms with Gasteiger partial charge in [0.25, 0.3) is 5.19 Å². The Morgan fingerprint density at radius 3 is 2.32 bits per heavy atom. The van der Waals surface area contributed by atoms with Gasteiger partial charge in [0.05, 0.1) is 6.42 Å². The zero-order chi connectivity index (χ0) is 26.3. The van der Waals surface area contributed by atoms with E-state index in [1.165, 1.54) is 40.7 Å². The van der Waals surface area contributed by atoms with E-state index in [1.54, 1.807) is 0 Å². The maximum absolute atomic E-state index is 12.3. The topological polar surface area (TPSA) is 131 Å². The van der Waals surface area contributed by atoms with Gasteiger partial charge in [0, 0.05) is 12.8 Å². The van der Waals surface area contributed by atoms with Crippen LogP contribution in [0.25, 0.3) is 11.1 Å². The summed E-state index contributed by atoms with van der Waals surface area (Å²) in [5.74, 6) is -0.153. The number of hydrogen-bond acceptors (Lipinski definition) is 10. The monoisotopic (exact) mass is 549 g/mol. The number of aromatic nitrogens is 4. The molecule has 1 fully saturated rings. The molecule has 38 heavy (non-hydrogen) atoms. The molecule has 3 N–H and O–H groups in total. The third-order valence-electron chi connectivity index (χ3n) is 5.98. The number of nitrogens with zero attached hydrogens (tertiary/aromatic N) is 4. The SMILES string of the molecule is CC(=O)Nc1nnc(C(Oc2nnc(NC(=O)Cc3ccccc3)s2)C2CCNCC2)s1.c1cc2cc-2c1. The fourth-order valence-corrected chi connectivity index (χ4v) is 5.64. The molecule has 1 unspecified atom stereocenters. The molecule has 1 aromatic carbocycles. The van der Waals surface area contributed by atoms with E-state index in [0.29, 0.717) is 20.5 Å². The van der Waals surface area contributed by atoms with Crippen LogP contribution in [0.15, 0.2) is 54.6 Å². The molecule has 3 aliphatic rings. The van der Waals surface area contributed by atoms with Gasteiger partial charge in [0.1, 0.15) is 0 Å². The summed E-state index contributed by atoms with van der Waals surface area (Å²) >= 11 is 2.46. The number of carbonyl (C=O) groups excluding carboxylic acids is 2. The molecule has 3 aromatic rings. The van der Waals surface area contributed by atoms with Gasteiger partial charge in [-0.3, -0.25) is 9.59 Å². The highest BCUT2D eigenvalue weighted by atomic mass is 32.1. The number of benzene rings is 2. The quantitative estimate of drug-likeness (QED) is 0.261. The van der Waals surface area contributed by atoms with Crippen LogP contribution in [0.3, 0.4) is 0 Å². The summed E-state index contributed by atoms with van der Waals surface area (Å²) in [7, 11) is 0. The summed E-state index contributed by atoms with van der Waals surface area (Å²) in [6.07, 6.45) is 1.72. The zero-order valence-corrected chi connectivity index (χ0v) is 22.3. The molecular weight excluding hydrogens is 522 g/mol. The number of fused-ring (bicyclic) bond motifs is 1. The Bertz CT molecular complexity index is 1370. The minimum atomic E-state index is -0.363. The van der Waals surface area contributed by atoms with Gasteiger partial charge in [0.2, 0.25) is 22.1 Å². The summed E-state index contributed by atoms with van der Waals surface area (Å²) in [5, 5.41) is 27.0. The van der Waals surface area contributed by atoms with Crippen LogP contribution in [0, 0.1) is 5.92 Å². The summed E-state index contributed by atoms with van der Waals surface area (Å²) in [5.41, 5.74) is 3.77. The minimum Gasteiger partial charge on any atom is -0.458 e. The van der Waals surface area contributed by atoms with Crippen molar-refractivity contribution in [3.05, 3.63) is 65.2 Å². The largest absolute Gasteiger partial charge is 0.458 e. The second kappa shape index (κ2) is 12.2. The number of anilines is 2. The van der Waals surface area contributed by atoms with E-state index in [-0.39, 0.29) is 30.3 Å². The van der Waals surface area contributed by atoms with Crippen molar-refractivity contribution >= 4 is 44.8 Å². The standard InChI is InChI=1S/C20H23N7O3S2.C6H4/c1-12(28)22-18-25-24-17(31-18)16(14-7-9-21-10-8-14)30-20-27-26-19(32-20)23-15(29)11-13-5-3-2-4-6-13;1-2-5-4-6(5)3-1/h2-6,14,16,21H,7-11H2,1H3,(H,22,25,28)(H,23,26,29);1-4H. The Kier molecular flexibility index (Phi) is 8.31. The maximum Gasteiger partial charge on any atom is 0.296 e. The molecule has 0 radical (unpaired) electrons. The van der Waals surface area contributed by atoms with Crippen LogP contribution >= 0.6 is 22.7 Å². The van der Waals surface area contributed by atoms with Gasteiger partial charge in [-0.15, -0.1) is 15.3 Å². The molecule has 3 heterocycles. The molecule has 2 amide bonds. The summed E-state index contributed by atoms with van der Waals surface area (Å²) in [6, 6.07) is 18.0. The van der Waals surface area contributed by atoms with Crippen molar-refractivity contribution in [2.24, 2.45) is 5.92 Å². The third-order valence-corrected chi connectivity index (χ3v) is 7.61. The van der Waals surface area contributed by atoms with Gasteiger partial charge in [0.15, 0.2) is 11.1 Å². The lowest BCUT2D eigenvalue weighted by molar-refractivity contribution is -0.116. The molecule has 0 bridgehead atoms. The predicted octanol–water partition coefficient (Wildman–Crippen LogP) is 4.32. The van der Waals surface area contributed by atoms with Crippen LogP contribution in [-0.2, 0) is 16.0 Å². The number of rotatable bonds is 8. The molecule has 1 atom stereocenters. The Morgan fingerprint density at radius 1 is 0.947 bits per heavy atom. The van der Waals surface area contributed by atoms with E-state index in [0.717, 1.165) is 31.5 Å². The van der Waals surface area contributed by atoms with Crippen molar-refractivity contribution in [1.82, 2.24) is 25.7 Å². The van der Waals surface area contributed by atoms with Crippen LogP contribution in [0.2, 0.25) is 0 Å². The first-order valence-electron chi connectivity index (χ1n) is 12.3. The Balaban J connectivity index is 0.000000424. The average Bonchev–Trinajstić information content (AvgIpc) is 3.28. The molecule has 1 saturated heterocycles. The van der Waals surface area contributed by atoms with E-state index in [9.17, 15) is 9.59 Å². The molecule has 2 aliphatic carbocycles. The van der Waals surface area contributed by atoms with Crippen molar-refractivity contribution in [3.8, 4) is 16.3 Å². The normalized spacial score (nSPS) is 14.6. The molecule has 0 saturated carbocycles. The summed E-state index contributed by atoms with van der Waals surface area (Å²) in [4.78, 5) is 23.6. The summed E-state index contributed by atoms with van der Waals surface area (Å²) in [6.45, 7) is 3.20. The van der Waals surface area contributed by atoms with Crippen molar-refractivity contribution in [2.75, 3.05) is 23.7 Å². The van der Waals surface area contributed by atoms with Gasteiger partial charge < -0.3 is 20.7 Å². The number of carbonyl (C=O) groups is 2. The Labute approximate surface area is 227 Å². The third kappa shape index (κ3) is 7.18. The van der Waals surface area contributed by atoms with Gasteiger partial charge in [-0.1, -0.05) is 65.0 Å². The van der Waals surface area contributed by atoms with Crippen LogP contribution in [0.5, 0.6) is 5.19 Å². The van der Waals surface area contributed by atoms with Crippen LogP contribution in [0.4, 0.5) is 10.3 Å². The lowest BCUT2D eigenvalue weighted by Gasteiger charge is -2.28. The molecule has 0 spiro atoms. The van der Waals surface area contributed by atoms with E-state index in [2.05, 4.69) is 60.6 Å². The highest BCUT2D eigenvalue weighted by molar-refractivity contribution is 7.17. The highest BCUT2D eigenvalue weighted by Gasteiger charge is 2.31. The van der Waals surface area contributed by atoms with Crippen LogP contribution < -0.4 is 20.7 Å². The number of piperidine rings is 1. The Hall–Kier alpha value is -3.74. The highest BCUT2D eigenvalue weighted by Crippen LogP contribution is 2.37.